The number of carbonyl (C=O) groups is 2. The van der Waals surface area contributed by atoms with Crippen LogP contribution in [0.4, 0.5) is 5.00 Å². The van der Waals surface area contributed by atoms with Crippen molar-refractivity contribution in [2.75, 3.05) is 16.8 Å². The predicted octanol–water partition coefficient (Wildman–Crippen LogP) is 1.44. The molecule has 1 aliphatic heterocycles. The van der Waals surface area contributed by atoms with Crippen LogP contribution in [0.15, 0.2) is 0 Å². The molecular weight excluding hydrogens is 302 g/mol. The van der Waals surface area contributed by atoms with E-state index in [-0.39, 0.29) is 22.1 Å². The molecule has 1 amide bonds. The number of hydrogen-bond acceptors (Lipinski definition) is 5. The van der Waals surface area contributed by atoms with Gasteiger partial charge >= 0.3 is 5.97 Å². The Hall–Kier alpha value is -1.41. The minimum Gasteiger partial charge on any atom is -0.478 e. The maximum absolute atomic E-state index is 12.0. The molecule has 0 radical (unpaired) electrons. The summed E-state index contributed by atoms with van der Waals surface area (Å²) in [6.45, 7) is 3.47. The quantitative estimate of drug-likeness (QED) is 0.878. The van der Waals surface area contributed by atoms with Gasteiger partial charge in [0, 0.05) is 4.88 Å². The van der Waals surface area contributed by atoms with Crippen molar-refractivity contribution in [3.05, 3.63) is 16.0 Å². The lowest BCUT2D eigenvalue weighted by Gasteiger charge is -2.08. The average molecular weight is 317 g/mol. The molecule has 1 aromatic heterocycles. The fourth-order valence-electron chi connectivity index (χ4n) is 2.19. The smallest absolute Gasteiger partial charge is 0.338 e. The van der Waals surface area contributed by atoms with Crippen molar-refractivity contribution < 1.29 is 23.1 Å². The van der Waals surface area contributed by atoms with Crippen LogP contribution < -0.4 is 5.32 Å². The molecule has 6 nitrogen and oxygen atoms in total. The number of carboxylic acids is 1. The highest BCUT2D eigenvalue weighted by atomic mass is 32.2. The van der Waals surface area contributed by atoms with Crippen LogP contribution in [-0.2, 0) is 14.6 Å². The Bertz CT molecular complexity index is 674. The molecule has 0 bridgehead atoms. The molecular formula is C12H15NO5S2. The summed E-state index contributed by atoms with van der Waals surface area (Å²) >= 11 is 1.19. The van der Waals surface area contributed by atoms with Crippen LogP contribution in [0, 0.1) is 19.8 Å². The van der Waals surface area contributed by atoms with Gasteiger partial charge in [-0.05, 0) is 25.8 Å². The molecule has 0 saturated carbocycles. The third kappa shape index (κ3) is 2.85. The summed E-state index contributed by atoms with van der Waals surface area (Å²) in [7, 11) is -3.14. The number of sulfone groups is 1. The number of anilines is 1. The van der Waals surface area contributed by atoms with Crippen molar-refractivity contribution in [2.24, 2.45) is 5.92 Å². The SMILES string of the molecule is Cc1sc(NC(=O)C2CCS(=O)(=O)C2)c(C(=O)O)c1C. The highest BCUT2D eigenvalue weighted by Gasteiger charge is 2.33. The average Bonchev–Trinajstić information content (AvgIpc) is 2.80. The molecule has 110 valence electrons. The Balaban J connectivity index is 2.21. The van der Waals surface area contributed by atoms with Gasteiger partial charge in [0.2, 0.25) is 5.91 Å². The summed E-state index contributed by atoms with van der Waals surface area (Å²) in [6.07, 6.45) is 0.292. The molecule has 2 N–H and O–H groups in total. The van der Waals surface area contributed by atoms with Crippen LogP contribution in [0.2, 0.25) is 0 Å². The summed E-state index contributed by atoms with van der Waals surface area (Å²) in [6, 6.07) is 0. The zero-order chi connectivity index (χ0) is 15.1. The van der Waals surface area contributed by atoms with Crippen molar-refractivity contribution in [2.45, 2.75) is 20.3 Å². The van der Waals surface area contributed by atoms with Gasteiger partial charge in [0.1, 0.15) is 5.00 Å². The van der Waals surface area contributed by atoms with Crippen molar-refractivity contribution in [3.63, 3.8) is 0 Å². The summed E-state index contributed by atoms with van der Waals surface area (Å²) in [4.78, 5) is 24.1. The van der Waals surface area contributed by atoms with E-state index in [2.05, 4.69) is 5.32 Å². The number of rotatable bonds is 3. The molecule has 1 saturated heterocycles. The minimum atomic E-state index is -3.14. The van der Waals surface area contributed by atoms with Crippen LogP contribution in [0.5, 0.6) is 0 Å². The molecule has 2 heterocycles. The Morgan fingerprint density at radius 2 is 2.00 bits per heavy atom. The van der Waals surface area contributed by atoms with Crippen molar-refractivity contribution in [1.29, 1.82) is 0 Å². The Labute approximate surface area is 120 Å². The number of carbonyl (C=O) groups excluding carboxylic acids is 1. The first-order valence-corrected chi connectivity index (χ1v) is 8.69. The highest BCUT2D eigenvalue weighted by Crippen LogP contribution is 2.33. The van der Waals surface area contributed by atoms with Gasteiger partial charge in [-0.3, -0.25) is 4.79 Å². The number of thiophene rings is 1. The Morgan fingerprint density at radius 3 is 2.50 bits per heavy atom. The predicted molar refractivity (Wildman–Crippen MR) is 76.1 cm³/mol. The number of aromatic carboxylic acids is 1. The lowest BCUT2D eigenvalue weighted by atomic mass is 10.1. The van der Waals surface area contributed by atoms with E-state index in [0.717, 1.165) is 4.88 Å². The van der Waals surface area contributed by atoms with Crippen molar-refractivity contribution in [3.8, 4) is 0 Å². The molecule has 1 aliphatic rings. The van der Waals surface area contributed by atoms with Crippen LogP contribution in [0.3, 0.4) is 0 Å². The summed E-state index contributed by atoms with van der Waals surface area (Å²) < 4.78 is 22.7. The van der Waals surface area contributed by atoms with Gasteiger partial charge in [0.15, 0.2) is 9.84 Å². The summed E-state index contributed by atoms with van der Waals surface area (Å²) in [5.41, 5.74) is 0.707. The van der Waals surface area contributed by atoms with Gasteiger partial charge in [-0.1, -0.05) is 0 Å². The first-order valence-electron chi connectivity index (χ1n) is 6.06. The zero-order valence-corrected chi connectivity index (χ0v) is 12.7. The van der Waals surface area contributed by atoms with Crippen molar-refractivity contribution >= 4 is 38.1 Å². The molecule has 1 aromatic rings. The number of nitrogens with one attached hydrogen (secondary N) is 1. The van der Waals surface area contributed by atoms with E-state index in [1.807, 2.05) is 0 Å². The van der Waals surface area contributed by atoms with Gasteiger partial charge in [0.25, 0.3) is 0 Å². The second kappa shape index (κ2) is 5.17. The summed E-state index contributed by atoms with van der Waals surface area (Å²) in [5.74, 6) is -2.26. The number of carboxylic acid groups (broad SMARTS) is 1. The van der Waals surface area contributed by atoms with E-state index in [1.165, 1.54) is 11.3 Å². The van der Waals surface area contributed by atoms with Crippen LogP contribution in [0.1, 0.15) is 27.2 Å². The number of amides is 1. The maximum atomic E-state index is 12.0. The minimum absolute atomic E-state index is 0.0133. The second-order valence-corrected chi connectivity index (χ2v) is 8.34. The summed E-state index contributed by atoms with van der Waals surface area (Å²) in [5, 5.41) is 12.0. The number of hydrogen-bond donors (Lipinski definition) is 2. The van der Waals surface area contributed by atoms with Crippen LogP contribution >= 0.6 is 11.3 Å². The maximum Gasteiger partial charge on any atom is 0.338 e. The van der Waals surface area contributed by atoms with Gasteiger partial charge in [-0.2, -0.15) is 0 Å². The lowest BCUT2D eigenvalue weighted by Crippen LogP contribution is -2.24. The molecule has 1 atom stereocenters. The Kier molecular flexibility index (Phi) is 3.88. The fourth-order valence-corrected chi connectivity index (χ4v) is 4.99. The molecule has 1 unspecified atom stereocenters. The van der Waals surface area contributed by atoms with E-state index in [4.69, 9.17) is 0 Å². The van der Waals surface area contributed by atoms with Crippen molar-refractivity contribution in [1.82, 2.24) is 0 Å². The van der Waals surface area contributed by atoms with E-state index < -0.39 is 27.6 Å². The molecule has 8 heteroatoms. The molecule has 2 rings (SSSR count). The second-order valence-electron chi connectivity index (χ2n) is 4.88. The fraction of sp³-hybridized carbons (Fsp3) is 0.500. The van der Waals surface area contributed by atoms with Crippen LogP contribution in [0.25, 0.3) is 0 Å². The van der Waals surface area contributed by atoms with E-state index in [9.17, 15) is 23.1 Å². The topological polar surface area (TPSA) is 101 Å². The lowest BCUT2D eigenvalue weighted by molar-refractivity contribution is -0.119. The molecule has 0 aromatic carbocycles. The molecule has 1 fully saturated rings. The third-order valence-corrected chi connectivity index (χ3v) is 6.33. The molecule has 0 spiro atoms. The van der Waals surface area contributed by atoms with E-state index in [1.54, 1.807) is 13.8 Å². The zero-order valence-electron chi connectivity index (χ0n) is 11.1. The van der Waals surface area contributed by atoms with Gasteiger partial charge in [-0.15, -0.1) is 11.3 Å². The molecule has 20 heavy (non-hydrogen) atoms. The van der Waals surface area contributed by atoms with E-state index in [0.29, 0.717) is 12.0 Å². The van der Waals surface area contributed by atoms with E-state index >= 15 is 0 Å². The van der Waals surface area contributed by atoms with Gasteiger partial charge in [0.05, 0.1) is 23.0 Å². The normalized spacial score (nSPS) is 20.8. The van der Waals surface area contributed by atoms with Crippen LogP contribution in [-0.4, -0.2) is 36.9 Å². The van der Waals surface area contributed by atoms with Gasteiger partial charge < -0.3 is 10.4 Å². The monoisotopic (exact) mass is 317 g/mol. The third-order valence-electron chi connectivity index (χ3n) is 3.44. The molecule has 0 aliphatic carbocycles. The first kappa shape index (κ1) is 15.0. The van der Waals surface area contributed by atoms with Gasteiger partial charge in [-0.25, -0.2) is 13.2 Å². The largest absolute Gasteiger partial charge is 0.478 e. The first-order chi connectivity index (χ1) is 9.21. The standard InChI is InChI=1S/C12H15NO5S2/c1-6-7(2)19-11(9(6)12(15)16)13-10(14)8-3-4-20(17,18)5-8/h8H,3-5H2,1-2H3,(H,13,14)(H,15,16). The highest BCUT2D eigenvalue weighted by molar-refractivity contribution is 7.91. The Morgan fingerprint density at radius 1 is 1.35 bits per heavy atom. The number of aryl methyl sites for hydroxylation is 1.